The number of Topliss-reactive ketones (excluding diaryl/α,β-unsaturated/α-hetero) is 1. The summed E-state index contributed by atoms with van der Waals surface area (Å²) in [6, 6.07) is 25.3. The van der Waals surface area contributed by atoms with Gasteiger partial charge in [-0.05, 0) is 36.2 Å². The SMILES string of the molecule is O=C1CCc2ccccc21.Oc1ccccc1.Oc1ccccc1. The van der Waals surface area contributed by atoms with Crippen LogP contribution in [0.5, 0.6) is 11.5 Å². The minimum atomic E-state index is 0.301. The van der Waals surface area contributed by atoms with Crippen molar-refractivity contribution in [3.63, 3.8) is 0 Å². The number of ketones is 1. The van der Waals surface area contributed by atoms with Crippen molar-refractivity contribution in [2.45, 2.75) is 12.8 Å². The Hall–Kier alpha value is -3.07. The Kier molecular flexibility index (Phi) is 6.59. The molecule has 0 heterocycles. The molecule has 0 unspecified atom stereocenters. The van der Waals surface area contributed by atoms with Gasteiger partial charge in [-0.25, -0.2) is 0 Å². The molecule has 0 fully saturated rings. The maximum atomic E-state index is 11.1. The summed E-state index contributed by atoms with van der Waals surface area (Å²) in [6.07, 6.45) is 1.65. The second kappa shape index (κ2) is 9.16. The third-order valence-corrected chi connectivity index (χ3v) is 3.45. The van der Waals surface area contributed by atoms with Gasteiger partial charge in [0.2, 0.25) is 0 Å². The van der Waals surface area contributed by atoms with E-state index >= 15 is 0 Å². The largest absolute Gasteiger partial charge is 0.508 e. The summed E-state index contributed by atoms with van der Waals surface area (Å²) >= 11 is 0. The molecule has 3 heteroatoms. The zero-order valence-corrected chi connectivity index (χ0v) is 13.3. The van der Waals surface area contributed by atoms with Gasteiger partial charge in [0.25, 0.3) is 0 Å². The maximum absolute atomic E-state index is 11.1. The average molecular weight is 320 g/mol. The van der Waals surface area contributed by atoms with Gasteiger partial charge >= 0.3 is 0 Å². The molecular formula is C21H20O3. The highest BCUT2D eigenvalue weighted by Crippen LogP contribution is 2.20. The summed E-state index contributed by atoms with van der Waals surface area (Å²) in [6.45, 7) is 0. The molecular weight excluding hydrogens is 300 g/mol. The summed E-state index contributed by atoms with van der Waals surface area (Å²) in [7, 11) is 0. The van der Waals surface area contributed by atoms with Gasteiger partial charge < -0.3 is 10.2 Å². The summed E-state index contributed by atoms with van der Waals surface area (Å²) < 4.78 is 0. The Morgan fingerprint density at radius 3 is 1.46 bits per heavy atom. The smallest absolute Gasteiger partial charge is 0.163 e. The van der Waals surface area contributed by atoms with Gasteiger partial charge in [0.1, 0.15) is 11.5 Å². The van der Waals surface area contributed by atoms with Crippen LogP contribution in [0.4, 0.5) is 0 Å². The van der Waals surface area contributed by atoms with E-state index in [1.54, 1.807) is 48.5 Å². The number of carbonyl (C=O) groups is 1. The zero-order chi connectivity index (χ0) is 17.2. The summed E-state index contributed by atoms with van der Waals surface area (Å²) in [5.41, 5.74) is 2.15. The normalized spacial score (nSPS) is 11.4. The van der Waals surface area contributed by atoms with Crippen molar-refractivity contribution < 1.29 is 15.0 Å². The van der Waals surface area contributed by atoms with Gasteiger partial charge in [0.05, 0.1) is 0 Å². The highest BCUT2D eigenvalue weighted by molar-refractivity contribution is 6.00. The quantitative estimate of drug-likeness (QED) is 0.636. The summed E-state index contributed by atoms with van der Waals surface area (Å²) in [5.74, 6) is 0.945. The molecule has 122 valence electrons. The van der Waals surface area contributed by atoms with Crippen molar-refractivity contribution in [3.05, 3.63) is 96.1 Å². The van der Waals surface area contributed by atoms with Crippen LogP contribution < -0.4 is 0 Å². The van der Waals surface area contributed by atoms with E-state index in [9.17, 15) is 4.79 Å². The van der Waals surface area contributed by atoms with E-state index in [0.717, 1.165) is 12.0 Å². The highest BCUT2D eigenvalue weighted by atomic mass is 16.3. The maximum Gasteiger partial charge on any atom is 0.163 e. The number of para-hydroxylation sites is 2. The van der Waals surface area contributed by atoms with Crippen LogP contribution in [0.3, 0.4) is 0 Å². The van der Waals surface area contributed by atoms with Gasteiger partial charge in [-0.2, -0.15) is 0 Å². The van der Waals surface area contributed by atoms with Crippen LogP contribution in [0.2, 0.25) is 0 Å². The predicted molar refractivity (Wildman–Crippen MR) is 95.3 cm³/mol. The Morgan fingerprint density at radius 1 is 0.583 bits per heavy atom. The first-order valence-electron chi connectivity index (χ1n) is 7.76. The lowest BCUT2D eigenvalue weighted by molar-refractivity contribution is 0.0994. The van der Waals surface area contributed by atoms with Crippen LogP contribution in [0.25, 0.3) is 0 Å². The van der Waals surface area contributed by atoms with Crippen molar-refractivity contribution in [2.24, 2.45) is 0 Å². The van der Waals surface area contributed by atoms with Crippen molar-refractivity contribution in [2.75, 3.05) is 0 Å². The van der Waals surface area contributed by atoms with Crippen LogP contribution in [0, 0.1) is 0 Å². The molecule has 0 radical (unpaired) electrons. The minimum absolute atomic E-state index is 0.301. The molecule has 0 aromatic heterocycles. The number of hydrogen-bond acceptors (Lipinski definition) is 3. The molecule has 0 bridgehead atoms. The molecule has 0 amide bonds. The molecule has 24 heavy (non-hydrogen) atoms. The van der Waals surface area contributed by atoms with Crippen LogP contribution in [0.1, 0.15) is 22.3 Å². The van der Waals surface area contributed by atoms with E-state index in [1.165, 1.54) is 5.56 Å². The first kappa shape index (κ1) is 17.3. The predicted octanol–water partition coefficient (Wildman–Crippen LogP) is 4.60. The minimum Gasteiger partial charge on any atom is -0.508 e. The lowest BCUT2D eigenvalue weighted by Gasteiger charge is -1.92. The average Bonchev–Trinajstić information content (AvgIpc) is 2.99. The molecule has 0 saturated carbocycles. The molecule has 0 atom stereocenters. The molecule has 3 aromatic carbocycles. The Balaban J connectivity index is 0.000000134. The number of aryl methyl sites for hydroxylation is 1. The van der Waals surface area contributed by atoms with E-state index in [1.807, 2.05) is 36.4 Å². The molecule has 3 nitrogen and oxygen atoms in total. The van der Waals surface area contributed by atoms with Gasteiger partial charge in [-0.3, -0.25) is 4.79 Å². The molecule has 2 N–H and O–H groups in total. The Labute approximate surface area is 141 Å². The third kappa shape index (κ3) is 5.61. The number of phenols is 2. The van der Waals surface area contributed by atoms with Gasteiger partial charge in [0.15, 0.2) is 5.78 Å². The fourth-order valence-corrected chi connectivity index (χ4v) is 2.25. The van der Waals surface area contributed by atoms with Crippen molar-refractivity contribution >= 4 is 5.78 Å². The molecule has 1 aliphatic carbocycles. The van der Waals surface area contributed by atoms with Crippen LogP contribution >= 0.6 is 0 Å². The molecule has 1 aliphatic rings. The van der Waals surface area contributed by atoms with Gasteiger partial charge in [-0.15, -0.1) is 0 Å². The molecule has 4 rings (SSSR count). The van der Waals surface area contributed by atoms with Crippen LogP contribution in [-0.2, 0) is 6.42 Å². The van der Waals surface area contributed by atoms with E-state index < -0.39 is 0 Å². The second-order valence-corrected chi connectivity index (χ2v) is 5.25. The molecule has 3 aromatic rings. The number of carbonyl (C=O) groups excluding carboxylic acids is 1. The number of benzene rings is 3. The fraction of sp³-hybridized carbons (Fsp3) is 0.0952. The zero-order valence-electron chi connectivity index (χ0n) is 13.3. The van der Waals surface area contributed by atoms with E-state index in [4.69, 9.17) is 10.2 Å². The van der Waals surface area contributed by atoms with Crippen LogP contribution in [-0.4, -0.2) is 16.0 Å². The molecule has 0 saturated heterocycles. The summed E-state index contributed by atoms with van der Waals surface area (Å²) in [4.78, 5) is 11.1. The lowest BCUT2D eigenvalue weighted by Crippen LogP contribution is -1.88. The third-order valence-electron chi connectivity index (χ3n) is 3.45. The Bertz CT molecular complexity index is 715. The van der Waals surface area contributed by atoms with Crippen LogP contribution in [0.15, 0.2) is 84.9 Å². The van der Waals surface area contributed by atoms with E-state index in [-0.39, 0.29) is 0 Å². The van der Waals surface area contributed by atoms with E-state index in [2.05, 4.69) is 0 Å². The summed E-state index contributed by atoms with van der Waals surface area (Å²) in [5, 5.41) is 17.3. The lowest BCUT2D eigenvalue weighted by atomic mass is 10.1. The molecule has 0 aliphatic heterocycles. The fourth-order valence-electron chi connectivity index (χ4n) is 2.25. The molecule has 0 spiro atoms. The topological polar surface area (TPSA) is 57.5 Å². The van der Waals surface area contributed by atoms with Gasteiger partial charge in [0, 0.05) is 12.0 Å². The monoisotopic (exact) mass is 320 g/mol. The first-order valence-corrected chi connectivity index (χ1v) is 7.76. The second-order valence-electron chi connectivity index (χ2n) is 5.25. The number of aromatic hydroxyl groups is 2. The number of phenolic OH excluding ortho intramolecular Hbond substituents is 2. The number of fused-ring (bicyclic) bond motifs is 1. The Morgan fingerprint density at radius 2 is 1.04 bits per heavy atom. The number of hydrogen-bond donors (Lipinski definition) is 2. The highest BCUT2D eigenvalue weighted by Gasteiger charge is 2.17. The van der Waals surface area contributed by atoms with Gasteiger partial charge in [-0.1, -0.05) is 60.7 Å². The van der Waals surface area contributed by atoms with E-state index in [0.29, 0.717) is 23.7 Å². The van der Waals surface area contributed by atoms with Crippen molar-refractivity contribution in [1.29, 1.82) is 0 Å². The van der Waals surface area contributed by atoms with Crippen molar-refractivity contribution in [1.82, 2.24) is 0 Å². The standard InChI is InChI=1S/C9H8O.2C6H6O/c10-9-6-5-7-3-1-2-4-8(7)9;2*7-6-4-2-1-3-5-6/h1-4H,5-6H2;2*1-5,7H. The number of rotatable bonds is 0. The van der Waals surface area contributed by atoms with Crippen molar-refractivity contribution in [3.8, 4) is 11.5 Å². The first-order chi connectivity index (χ1) is 11.7.